The van der Waals surface area contributed by atoms with Crippen LogP contribution in [0.25, 0.3) is 0 Å². The van der Waals surface area contributed by atoms with Gasteiger partial charge in [0.25, 0.3) is 0 Å². The van der Waals surface area contributed by atoms with Crippen LogP contribution in [-0.4, -0.2) is 35.6 Å². The van der Waals surface area contributed by atoms with Gasteiger partial charge >= 0.3 is 6.18 Å². The van der Waals surface area contributed by atoms with E-state index in [0.29, 0.717) is 12.2 Å². The number of hydrogen-bond acceptors (Lipinski definition) is 4. The summed E-state index contributed by atoms with van der Waals surface area (Å²) in [5.74, 6) is 0.0113. The van der Waals surface area contributed by atoms with Gasteiger partial charge in [-0.2, -0.15) is 13.2 Å². The van der Waals surface area contributed by atoms with Gasteiger partial charge in [-0.25, -0.2) is 4.98 Å². The van der Waals surface area contributed by atoms with Gasteiger partial charge in [0.2, 0.25) is 5.88 Å². The summed E-state index contributed by atoms with van der Waals surface area (Å²) >= 11 is 0. The van der Waals surface area contributed by atoms with E-state index in [-0.39, 0.29) is 11.9 Å². The zero-order valence-corrected chi connectivity index (χ0v) is 12.7. The van der Waals surface area contributed by atoms with Gasteiger partial charge in [0.15, 0.2) is 6.61 Å². The largest absolute Gasteiger partial charge is 0.468 e. The molecule has 0 N–H and O–H groups in total. The second kappa shape index (κ2) is 6.37. The Hall–Kier alpha value is -2.05. The first kappa shape index (κ1) is 16.3. The van der Waals surface area contributed by atoms with Crippen molar-refractivity contribution in [2.24, 2.45) is 4.99 Å². The summed E-state index contributed by atoms with van der Waals surface area (Å²) < 4.78 is 41.3. The first-order valence-corrected chi connectivity index (χ1v) is 6.87. The summed E-state index contributed by atoms with van der Waals surface area (Å²) in [4.78, 5) is 10.3. The number of allylic oxidation sites excluding steroid dienone is 2. The lowest BCUT2D eigenvalue weighted by atomic mass is 10.1. The Morgan fingerprint density at radius 2 is 2.09 bits per heavy atom. The molecule has 1 atom stereocenters. The lowest BCUT2D eigenvalue weighted by Crippen LogP contribution is -2.27. The normalized spacial score (nSPS) is 16.5. The smallest absolute Gasteiger partial charge is 0.422 e. The van der Waals surface area contributed by atoms with Crippen molar-refractivity contribution in [1.82, 2.24) is 9.88 Å². The van der Waals surface area contributed by atoms with Crippen LogP contribution in [0.3, 0.4) is 0 Å². The molecule has 1 aromatic rings. The molecule has 0 amide bonds. The number of rotatable bonds is 4. The minimum Gasteiger partial charge on any atom is -0.468 e. The molecule has 0 radical (unpaired) electrons. The molecule has 1 unspecified atom stereocenters. The fourth-order valence-corrected chi connectivity index (χ4v) is 2.22. The van der Waals surface area contributed by atoms with Gasteiger partial charge in [-0.1, -0.05) is 0 Å². The molecule has 22 heavy (non-hydrogen) atoms. The third kappa shape index (κ3) is 3.99. The highest BCUT2D eigenvalue weighted by Gasteiger charge is 2.29. The molecule has 0 spiro atoms. The van der Waals surface area contributed by atoms with E-state index >= 15 is 0 Å². The van der Waals surface area contributed by atoms with Crippen molar-refractivity contribution in [2.75, 3.05) is 13.3 Å². The fourth-order valence-electron chi connectivity index (χ4n) is 2.22. The second-order valence-electron chi connectivity index (χ2n) is 5.22. The van der Waals surface area contributed by atoms with Crippen molar-refractivity contribution in [3.8, 4) is 5.88 Å². The van der Waals surface area contributed by atoms with Crippen LogP contribution < -0.4 is 4.74 Å². The number of aromatic nitrogens is 1. The molecule has 7 heteroatoms. The Balaban J connectivity index is 2.12. The van der Waals surface area contributed by atoms with Gasteiger partial charge in [0.05, 0.1) is 6.04 Å². The van der Waals surface area contributed by atoms with Crippen molar-refractivity contribution in [3.05, 3.63) is 35.2 Å². The molecule has 1 aliphatic rings. The predicted octanol–water partition coefficient (Wildman–Crippen LogP) is 3.64. The number of nitrogens with zero attached hydrogens (tertiary/aromatic N) is 3. The van der Waals surface area contributed by atoms with Crippen molar-refractivity contribution in [1.29, 1.82) is 0 Å². The van der Waals surface area contributed by atoms with Crippen LogP contribution in [0.1, 0.15) is 31.0 Å². The molecule has 120 valence electrons. The summed E-state index contributed by atoms with van der Waals surface area (Å²) in [5.41, 5.74) is 2.56. The number of ether oxygens (including phenoxy) is 1. The third-order valence-corrected chi connectivity index (χ3v) is 3.48. The molecule has 0 fully saturated rings. The van der Waals surface area contributed by atoms with Crippen LogP contribution in [0.15, 0.2) is 29.0 Å². The Morgan fingerprint density at radius 1 is 1.36 bits per heavy atom. The standard InChI is InChI=1S/C15H18F3N3O/c1-10-6-13(7-20-14(10)22-8-15(16,17)18)12(3)21-9-19-5-4-11(21)2/h4-7,12H,8-9H2,1-3H3. The Labute approximate surface area is 127 Å². The van der Waals surface area contributed by atoms with Crippen LogP contribution in [0.4, 0.5) is 13.2 Å². The first-order valence-electron chi connectivity index (χ1n) is 6.87. The van der Waals surface area contributed by atoms with Gasteiger partial charge in [-0.15, -0.1) is 0 Å². The molecule has 0 bridgehead atoms. The van der Waals surface area contributed by atoms with Crippen LogP contribution in [0, 0.1) is 6.92 Å². The van der Waals surface area contributed by atoms with Gasteiger partial charge < -0.3 is 9.64 Å². The van der Waals surface area contributed by atoms with E-state index in [4.69, 9.17) is 4.74 Å². The maximum absolute atomic E-state index is 12.2. The van der Waals surface area contributed by atoms with E-state index in [0.717, 1.165) is 11.3 Å². The van der Waals surface area contributed by atoms with Crippen molar-refractivity contribution in [2.45, 2.75) is 33.0 Å². The maximum Gasteiger partial charge on any atom is 0.422 e. The summed E-state index contributed by atoms with van der Waals surface area (Å²) in [6.45, 7) is 4.90. The number of halogens is 3. The third-order valence-electron chi connectivity index (χ3n) is 3.48. The van der Waals surface area contributed by atoms with E-state index in [1.807, 2.05) is 19.9 Å². The van der Waals surface area contributed by atoms with E-state index in [1.165, 1.54) is 0 Å². The second-order valence-corrected chi connectivity index (χ2v) is 5.22. The molecule has 1 aromatic heterocycles. The molecule has 0 aromatic carbocycles. The van der Waals surface area contributed by atoms with E-state index < -0.39 is 12.8 Å². The fraction of sp³-hybridized carbons (Fsp3) is 0.467. The topological polar surface area (TPSA) is 37.7 Å². The highest BCUT2D eigenvalue weighted by Crippen LogP contribution is 2.28. The quantitative estimate of drug-likeness (QED) is 0.852. The molecule has 0 saturated heterocycles. The van der Waals surface area contributed by atoms with Crippen molar-refractivity contribution < 1.29 is 17.9 Å². The summed E-state index contributed by atoms with van der Waals surface area (Å²) in [6.07, 6.45) is 0.861. The zero-order valence-electron chi connectivity index (χ0n) is 12.7. The molecule has 4 nitrogen and oxygen atoms in total. The van der Waals surface area contributed by atoms with E-state index in [1.54, 1.807) is 25.4 Å². The van der Waals surface area contributed by atoms with E-state index in [2.05, 4.69) is 14.9 Å². The summed E-state index contributed by atoms with van der Waals surface area (Å²) in [5, 5.41) is 0. The van der Waals surface area contributed by atoms with Crippen LogP contribution >= 0.6 is 0 Å². The number of aliphatic imine (C=N–C) groups is 1. The van der Waals surface area contributed by atoms with Crippen LogP contribution in [-0.2, 0) is 0 Å². The SMILES string of the molecule is CC1=CC=NCN1C(C)c1cnc(OCC(F)(F)F)c(C)c1. The minimum absolute atomic E-state index is 0.0113. The van der Waals surface area contributed by atoms with Crippen LogP contribution in [0.2, 0.25) is 0 Å². The minimum atomic E-state index is -4.37. The Morgan fingerprint density at radius 3 is 2.68 bits per heavy atom. The van der Waals surface area contributed by atoms with Gasteiger partial charge in [-0.05, 0) is 38.5 Å². The zero-order chi connectivity index (χ0) is 16.3. The molecular formula is C15H18F3N3O. The Kier molecular flexibility index (Phi) is 4.73. The monoisotopic (exact) mass is 313 g/mol. The summed E-state index contributed by atoms with van der Waals surface area (Å²) in [6, 6.07) is 1.83. The lowest BCUT2D eigenvalue weighted by Gasteiger charge is -2.32. The van der Waals surface area contributed by atoms with Crippen LogP contribution in [0.5, 0.6) is 5.88 Å². The van der Waals surface area contributed by atoms with Gasteiger partial charge in [0, 0.05) is 23.7 Å². The molecule has 0 aliphatic carbocycles. The average Bonchev–Trinajstić information content (AvgIpc) is 2.45. The molecule has 2 heterocycles. The number of aryl methyl sites for hydroxylation is 1. The molecule has 0 saturated carbocycles. The number of alkyl halides is 3. The number of hydrogen-bond donors (Lipinski definition) is 0. The Bertz CT molecular complexity index is 596. The van der Waals surface area contributed by atoms with Gasteiger partial charge in [-0.3, -0.25) is 4.99 Å². The maximum atomic E-state index is 12.2. The summed E-state index contributed by atoms with van der Waals surface area (Å²) in [7, 11) is 0. The first-order chi connectivity index (χ1) is 10.3. The highest BCUT2D eigenvalue weighted by molar-refractivity contribution is 5.72. The van der Waals surface area contributed by atoms with E-state index in [9.17, 15) is 13.2 Å². The van der Waals surface area contributed by atoms with Gasteiger partial charge in [0.1, 0.15) is 6.67 Å². The van der Waals surface area contributed by atoms with Crippen molar-refractivity contribution in [3.63, 3.8) is 0 Å². The number of pyridine rings is 1. The predicted molar refractivity (Wildman–Crippen MR) is 77.9 cm³/mol. The van der Waals surface area contributed by atoms with Crippen molar-refractivity contribution >= 4 is 6.21 Å². The molecule has 1 aliphatic heterocycles. The molecular weight excluding hydrogens is 295 g/mol. The average molecular weight is 313 g/mol. The molecule has 2 rings (SSSR count). The highest BCUT2D eigenvalue weighted by atomic mass is 19.4. The lowest BCUT2D eigenvalue weighted by molar-refractivity contribution is -0.154.